The maximum Gasteiger partial charge on any atom is 0.337 e. The number of rotatable bonds is 4. The molecule has 1 aromatic carbocycles. The fraction of sp³-hybridized carbons (Fsp3) is 0.273. The molecule has 86 valence electrons. The molecule has 1 rings (SSSR count). The lowest BCUT2D eigenvalue weighted by atomic mass is 10.0. The second kappa shape index (κ2) is 5.40. The maximum absolute atomic E-state index is 11.0. The molecule has 16 heavy (non-hydrogen) atoms. The number of hydrogen-bond donors (Lipinski definition) is 2. The Morgan fingerprint density at radius 3 is 2.50 bits per heavy atom. The molecule has 1 atom stereocenters. The van der Waals surface area contributed by atoms with Gasteiger partial charge in [-0.25, -0.2) is 4.79 Å². The third-order valence-electron chi connectivity index (χ3n) is 1.98. The topological polar surface area (TPSA) is 74.6 Å². The van der Waals surface area contributed by atoms with Crippen molar-refractivity contribution in [3.8, 4) is 0 Å². The molecule has 0 fully saturated rings. The molecule has 0 spiro atoms. The van der Waals surface area contributed by atoms with Gasteiger partial charge >= 0.3 is 5.97 Å². The van der Waals surface area contributed by atoms with Crippen LogP contribution in [0, 0.1) is 3.57 Å². The van der Waals surface area contributed by atoms with Crippen LogP contribution in [0.1, 0.15) is 24.2 Å². The number of carbonyl (C=O) groups is 2. The molecule has 1 unspecified atom stereocenters. The molecule has 0 saturated carbocycles. The Labute approximate surface area is 106 Å². The van der Waals surface area contributed by atoms with Crippen LogP contribution in [-0.4, -0.2) is 22.0 Å². The van der Waals surface area contributed by atoms with Gasteiger partial charge in [-0.05, 0) is 52.8 Å². The van der Waals surface area contributed by atoms with Crippen LogP contribution in [0.4, 0.5) is 0 Å². The van der Waals surface area contributed by atoms with E-state index in [1.807, 2.05) is 22.6 Å². The number of benzene rings is 1. The normalized spacial score (nSPS) is 12.2. The Bertz CT molecular complexity index is 428. The first-order valence-electron chi connectivity index (χ1n) is 4.60. The lowest BCUT2D eigenvalue weighted by Crippen LogP contribution is -2.11. The van der Waals surface area contributed by atoms with Crippen molar-refractivity contribution in [3.63, 3.8) is 0 Å². The van der Waals surface area contributed by atoms with Crippen LogP contribution >= 0.6 is 22.6 Å². The van der Waals surface area contributed by atoms with Crippen molar-refractivity contribution < 1.29 is 19.8 Å². The van der Waals surface area contributed by atoms with E-state index >= 15 is 0 Å². The van der Waals surface area contributed by atoms with Gasteiger partial charge in [0, 0.05) is 9.99 Å². The van der Waals surface area contributed by atoms with Gasteiger partial charge in [-0.3, -0.25) is 4.79 Å². The van der Waals surface area contributed by atoms with E-state index in [0.717, 1.165) is 9.13 Å². The number of hydrogen-bond acceptors (Lipinski definition) is 3. The fourth-order valence-electron chi connectivity index (χ4n) is 1.37. The van der Waals surface area contributed by atoms with Crippen molar-refractivity contribution in [3.05, 3.63) is 32.9 Å². The second-order valence-electron chi connectivity index (χ2n) is 3.51. The van der Waals surface area contributed by atoms with Gasteiger partial charge in [-0.15, -0.1) is 0 Å². The number of aliphatic hydroxyl groups is 1. The number of halogens is 1. The Balaban J connectivity index is 3.07. The largest absolute Gasteiger partial charge is 0.479 e. The van der Waals surface area contributed by atoms with E-state index < -0.39 is 12.1 Å². The minimum absolute atomic E-state index is 0.00207. The lowest BCUT2D eigenvalue weighted by molar-refractivity contribution is -0.146. The smallest absolute Gasteiger partial charge is 0.337 e. The summed E-state index contributed by atoms with van der Waals surface area (Å²) in [6.07, 6.45) is -1.30. The van der Waals surface area contributed by atoms with Crippen molar-refractivity contribution in [2.45, 2.75) is 19.4 Å². The van der Waals surface area contributed by atoms with Crippen LogP contribution < -0.4 is 0 Å². The summed E-state index contributed by atoms with van der Waals surface area (Å²) < 4.78 is 0.798. The van der Waals surface area contributed by atoms with E-state index in [4.69, 9.17) is 5.11 Å². The van der Waals surface area contributed by atoms with Crippen molar-refractivity contribution in [1.82, 2.24) is 0 Å². The van der Waals surface area contributed by atoms with E-state index in [1.54, 1.807) is 18.2 Å². The van der Waals surface area contributed by atoms with E-state index in [9.17, 15) is 14.7 Å². The summed E-state index contributed by atoms with van der Waals surface area (Å²) in [5, 5.41) is 18.1. The average molecular weight is 334 g/mol. The Morgan fingerprint density at radius 2 is 2.00 bits per heavy atom. The molecule has 0 aliphatic carbocycles. The molecule has 0 aromatic heterocycles. The number of carboxylic acids is 1. The number of aliphatic hydroxyl groups excluding tert-OH is 1. The van der Waals surface area contributed by atoms with Gasteiger partial charge in [0.05, 0.1) is 0 Å². The first kappa shape index (κ1) is 13.1. The molecule has 5 heteroatoms. The summed E-state index contributed by atoms with van der Waals surface area (Å²) in [7, 11) is 0. The van der Waals surface area contributed by atoms with Gasteiger partial charge in [-0.1, -0.05) is 6.07 Å². The quantitative estimate of drug-likeness (QED) is 0.819. The van der Waals surface area contributed by atoms with Gasteiger partial charge < -0.3 is 10.2 Å². The summed E-state index contributed by atoms with van der Waals surface area (Å²) in [5.41, 5.74) is 1.02. The summed E-state index contributed by atoms with van der Waals surface area (Å²) in [6.45, 7) is 1.47. The van der Waals surface area contributed by atoms with Crippen LogP contribution in [0.2, 0.25) is 0 Å². The molecule has 2 N–H and O–H groups in total. The molecule has 1 aromatic rings. The molecule has 0 amide bonds. The molecule has 0 heterocycles. The fourth-order valence-corrected chi connectivity index (χ4v) is 2.12. The Kier molecular flexibility index (Phi) is 4.43. The van der Waals surface area contributed by atoms with Crippen LogP contribution in [0.15, 0.2) is 18.2 Å². The van der Waals surface area contributed by atoms with Crippen molar-refractivity contribution in [2.24, 2.45) is 0 Å². The molecule has 0 radical (unpaired) electrons. The number of carboxylic acid groups (broad SMARTS) is 1. The minimum atomic E-state index is -1.54. The highest BCUT2D eigenvalue weighted by molar-refractivity contribution is 14.1. The van der Waals surface area contributed by atoms with E-state index in [1.165, 1.54) is 6.92 Å². The van der Waals surface area contributed by atoms with Crippen LogP contribution in [0.25, 0.3) is 0 Å². The van der Waals surface area contributed by atoms with E-state index in [0.29, 0.717) is 5.56 Å². The van der Waals surface area contributed by atoms with Gasteiger partial charge in [0.1, 0.15) is 5.78 Å². The number of aliphatic carboxylic acids is 1. The third-order valence-corrected chi connectivity index (χ3v) is 2.61. The monoisotopic (exact) mass is 334 g/mol. The highest BCUT2D eigenvalue weighted by Gasteiger charge is 2.17. The third kappa shape index (κ3) is 3.57. The van der Waals surface area contributed by atoms with Crippen LogP contribution in [0.5, 0.6) is 0 Å². The van der Waals surface area contributed by atoms with Crippen LogP contribution in [0.3, 0.4) is 0 Å². The summed E-state index contributed by atoms with van der Waals surface area (Å²) >= 11 is 2.02. The highest BCUT2D eigenvalue weighted by atomic mass is 127. The van der Waals surface area contributed by atoms with Crippen LogP contribution in [-0.2, 0) is 16.0 Å². The first-order valence-corrected chi connectivity index (χ1v) is 5.67. The zero-order chi connectivity index (χ0) is 12.3. The van der Waals surface area contributed by atoms with Gasteiger partial charge in [0.25, 0.3) is 0 Å². The number of carbonyl (C=O) groups excluding carboxylic acids is 1. The van der Waals surface area contributed by atoms with Gasteiger partial charge in [0.2, 0.25) is 0 Å². The zero-order valence-electron chi connectivity index (χ0n) is 8.61. The molecular formula is C11H11IO4. The summed E-state index contributed by atoms with van der Waals surface area (Å²) in [5.74, 6) is -1.30. The molecule has 0 aliphatic heterocycles. The SMILES string of the molecule is CC(=O)Cc1cc(I)cc(C(O)C(=O)O)c1. The predicted molar refractivity (Wildman–Crippen MR) is 66.1 cm³/mol. The second-order valence-corrected chi connectivity index (χ2v) is 4.76. The van der Waals surface area contributed by atoms with Crippen molar-refractivity contribution in [1.29, 1.82) is 0 Å². The molecule has 4 nitrogen and oxygen atoms in total. The Morgan fingerprint density at radius 1 is 1.38 bits per heavy atom. The summed E-state index contributed by atoms with van der Waals surface area (Å²) in [6, 6.07) is 4.92. The first-order chi connectivity index (χ1) is 7.40. The van der Waals surface area contributed by atoms with E-state index in [2.05, 4.69) is 0 Å². The van der Waals surface area contributed by atoms with Gasteiger partial charge in [0.15, 0.2) is 6.10 Å². The number of Topliss-reactive ketones (excluding diaryl/α,β-unsaturated/α-hetero) is 1. The molecule has 0 saturated heterocycles. The predicted octanol–water partition coefficient (Wildman–Crippen LogP) is 1.54. The van der Waals surface area contributed by atoms with Crippen molar-refractivity contribution >= 4 is 34.3 Å². The highest BCUT2D eigenvalue weighted by Crippen LogP contribution is 2.19. The Hall–Kier alpha value is -0.950. The zero-order valence-corrected chi connectivity index (χ0v) is 10.8. The minimum Gasteiger partial charge on any atom is -0.479 e. The number of ketones is 1. The molecular weight excluding hydrogens is 323 g/mol. The standard InChI is InChI=1S/C11H11IO4/c1-6(13)2-7-3-8(5-9(12)4-7)10(14)11(15)16/h3-5,10,14H,2H2,1H3,(H,15,16). The lowest BCUT2D eigenvalue weighted by Gasteiger charge is -2.08. The molecule has 0 bridgehead atoms. The summed E-state index contributed by atoms with van der Waals surface area (Å²) in [4.78, 5) is 21.6. The average Bonchev–Trinajstić information content (AvgIpc) is 2.14. The van der Waals surface area contributed by atoms with Gasteiger partial charge in [-0.2, -0.15) is 0 Å². The van der Waals surface area contributed by atoms with E-state index in [-0.39, 0.29) is 12.2 Å². The molecule has 0 aliphatic rings. The maximum atomic E-state index is 11.0. The van der Waals surface area contributed by atoms with Crippen molar-refractivity contribution in [2.75, 3.05) is 0 Å².